The van der Waals surface area contributed by atoms with E-state index >= 15 is 0 Å². The van der Waals surface area contributed by atoms with E-state index < -0.39 is 5.91 Å². The summed E-state index contributed by atoms with van der Waals surface area (Å²) in [6.45, 7) is 4.66. The largest absolute Gasteiger partial charge is 0.381 e. The lowest BCUT2D eigenvalue weighted by molar-refractivity contribution is -0.937. The average Bonchev–Trinajstić information content (AvgIpc) is 2.77. The van der Waals surface area contributed by atoms with Crippen LogP contribution in [0.5, 0.6) is 0 Å². The van der Waals surface area contributed by atoms with E-state index in [4.69, 9.17) is 4.74 Å². The fourth-order valence-corrected chi connectivity index (χ4v) is 5.24. The first-order valence-electron chi connectivity index (χ1n) is 10.4. The number of quaternary nitrogens is 1. The number of anilines is 1. The van der Waals surface area contributed by atoms with Crippen LogP contribution in [0.1, 0.15) is 41.4 Å². The van der Waals surface area contributed by atoms with Gasteiger partial charge >= 0.3 is 0 Å². The van der Waals surface area contributed by atoms with Crippen molar-refractivity contribution in [2.45, 2.75) is 37.8 Å². The van der Waals surface area contributed by atoms with E-state index in [0.717, 1.165) is 57.8 Å². The van der Waals surface area contributed by atoms with Gasteiger partial charge in [-0.2, -0.15) is 0 Å². The molecule has 5 rings (SSSR count). The summed E-state index contributed by atoms with van der Waals surface area (Å²) in [5, 5.41) is 2.71. The molecule has 29 heavy (non-hydrogen) atoms. The topological polar surface area (TPSA) is 90.5 Å². The Hall–Kier alpha value is -2.58. The first-order chi connectivity index (χ1) is 14.2. The van der Waals surface area contributed by atoms with Crippen molar-refractivity contribution < 1.29 is 14.4 Å². The molecule has 8 nitrogen and oxygen atoms in total. The number of ether oxygens (including phenoxy) is 1. The van der Waals surface area contributed by atoms with Crippen LogP contribution in [0.3, 0.4) is 0 Å². The van der Waals surface area contributed by atoms with Crippen LogP contribution < -0.4 is 15.8 Å². The number of amides is 1. The molecular formula is C21H26N5O3+. The van der Waals surface area contributed by atoms with Gasteiger partial charge in [-0.25, -0.2) is 4.98 Å². The van der Waals surface area contributed by atoms with Crippen molar-refractivity contribution in [3.63, 3.8) is 0 Å². The third-order valence-corrected chi connectivity index (χ3v) is 6.59. The monoisotopic (exact) mass is 396 g/mol. The number of rotatable bonds is 3. The van der Waals surface area contributed by atoms with E-state index in [9.17, 15) is 9.59 Å². The summed E-state index contributed by atoms with van der Waals surface area (Å²) >= 11 is 0. The summed E-state index contributed by atoms with van der Waals surface area (Å²) in [5.74, 6) is 0.488. The number of nitrogens with zero attached hydrogens (tertiary/aromatic N) is 3. The van der Waals surface area contributed by atoms with E-state index in [1.807, 2.05) is 10.6 Å². The van der Waals surface area contributed by atoms with Crippen molar-refractivity contribution in [2.24, 2.45) is 5.92 Å². The molecule has 2 aromatic heterocycles. The summed E-state index contributed by atoms with van der Waals surface area (Å²) < 4.78 is 7.41. The number of piperidine rings is 1. The lowest BCUT2D eigenvalue weighted by Gasteiger charge is -2.44. The number of carbonyl (C=O) groups is 1. The molecule has 152 valence electrons. The van der Waals surface area contributed by atoms with Gasteiger partial charge in [0, 0.05) is 49.3 Å². The zero-order chi connectivity index (χ0) is 19.8. The van der Waals surface area contributed by atoms with Gasteiger partial charge in [-0.15, -0.1) is 0 Å². The van der Waals surface area contributed by atoms with Crippen molar-refractivity contribution in [1.82, 2.24) is 14.5 Å². The second-order valence-electron chi connectivity index (χ2n) is 8.38. The van der Waals surface area contributed by atoms with Crippen molar-refractivity contribution in [1.29, 1.82) is 0 Å². The predicted octanol–water partition coefficient (Wildman–Crippen LogP) is 0.0716. The maximum Gasteiger partial charge on any atom is 0.276 e. The van der Waals surface area contributed by atoms with Crippen LogP contribution >= 0.6 is 0 Å². The van der Waals surface area contributed by atoms with E-state index in [-0.39, 0.29) is 11.3 Å². The Kier molecular flexibility index (Phi) is 4.89. The van der Waals surface area contributed by atoms with Crippen LogP contribution in [-0.2, 0) is 11.3 Å². The van der Waals surface area contributed by atoms with Crippen molar-refractivity contribution in [3.05, 3.63) is 52.5 Å². The molecule has 2 fully saturated rings. The SMILES string of the molecule is O=C(Nc1ccc2n(c1=O)C[C@H]1C[C@@H]2C[NH+](C2CCOCC2)C1)c1cnccn1. The molecule has 3 aliphatic heterocycles. The number of pyridine rings is 1. The zero-order valence-electron chi connectivity index (χ0n) is 16.3. The van der Waals surface area contributed by atoms with Crippen molar-refractivity contribution >= 4 is 11.6 Å². The van der Waals surface area contributed by atoms with Gasteiger partial charge in [-0.05, 0) is 18.6 Å². The quantitative estimate of drug-likeness (QED) is 0.766. The molecule has 2 N–H and O–H groups in total. The molecule has 8 heteroatoms. The Morgan fingerprint density at radius 3 is 2.86 bits per heavy atom. The lowest BCUT2D eigenvalue weighted by atomic mass is 9.82. The average molecular weight is 396 g/mol. The molecule has 1 amide bonds. The van der Waals surface area contributed by atoms with Gasteiger partial charge in [0.2, 0.25) is 0 Å². The minimum absolute atomic E-state index is 0.121. The Labute approximate surface area is 168 Å². The molecule has 3 aliphatic rings. The molecule has 0 spiro atoms. The van der Waals surface area contributed by atoms with E-state index in [2.05, 4.69) is 15.3 Å². The molecule has 1 unspecified atom stereocenters. The van der Waals surface area contributed by atoms with Gasteiger partial charge in [0.05, 0.1) is 38.5 Å². The summed E-state index contributed by atoms with van der Waals surface area (Å²) in [6, 6.07) is 4.44. The van der Waals surface area contributed by atoms with Gasteiger partial charge in [-0.1, -0.05) is 0 Å². The second kappa shape index (κ2) is 7.68. The number of carbonyl (C=O) groups excluding carboxylic acids is 1. The van der Waals surface area contributed by atoms with E-state index in [1.54, 1.807) is 11.0 Å². The Balaban J connectivity index is 1.37. The maximum atomic E-state index is 13.1. The molecule has 0 saturated carbocycles. The van der Waals surface area contributed by atoms with Crippen molar-refractivity contribution in [2.75, 3.05) is 31.6 Å². The molecule has 0 radical (unpaired) electrons. The number of likely N-dealkylation sites (tertiary alicyclic amines) is 1. The van der Waals surface area contributed by atoms with Crippen LogP contribution in [0.4, 0.5) is 5.69 Å². The fourth-order valence-electron chi connectivity index (χ4n) is 5.24. The minimum atomic E-state index is -0.415. The summed E-state index contributed by atoms with van der Waals surface area (Å²) in [5.41, 5.74) is 1.48. The standard InChI is InChI=1S/C21H25N5O3/c27-20(18-10-22-5-6-23-18)24-17-1-2-19-15-9-14(12-26(19)21(17)28)11-25(13-15)16-3-7-29-8-4-16/h1-2,5-6,10,14-16H,3-4,7-9,11-13H2,(H,24,27)/p+1/t14-,15+/m0/s1. The fraction of sp³-hybridized carbons (Fsp3) is 0.524. The number of hydrogen-bond donors (Lipinski definition) is 2. The highest BCUT2D eigenvalue weighted by molar-refractivity contribution is 6.02. The third kappa shape index (κ3) is 3.58. The van der Waals surface area contributed by atoms with E-state index in [0.29, 0.717) is 23.6 Å². The highest BCUT2D eigenvalue weighted by atomic mass is 16.5. The van der Waals surface area contributed by atoms with Gasteiger partial charge in [0.1, 0.15) is 11.4 Å². The zero-order valence-corrected chi connectivity index (χ0v) is 16.3. The Morgan fingerprint density at radius 1 is 1.21 bits per heavy atom. The molecule has 2 bridgehead atoms. The molecule has 0 aromatic carbocycles. The van der Waals surface area contributed by atoms with Crippen LogP contribution in [0.2, 0.25) is 0 Å². The number of aromatic nitrogens is 3. The molecule has 2 saturated heterocycles. The predicted molar refractivity (Wildman–Crippen MR) is 106 cm³/mol. The van der Waals surface area contributed by atoms with Crippen LogP contribution in [0, 0.1) is 5.92 Å². The van der Waals surface area contributed by atoms with Gasteiger partial charge < -0.3 is 19.5 Å². The highest BCUT2D eigenvalue weighted by Crippen LogP contribution is 2.31. The summed E-state index contributed by atoms with van der Waals surface area (Å²) in [4.78, 5) is 35.0. The van der Waals surface area contributed by atoms with Crippen LogP contribution in [-0.4, -0.2) is 52.8 Å². The first kappa shape index (κ1) is 18.4. The van der Waals surface area contributed by atoms with Gasteiger partial charge in [0.25, 0.3) is 11.5 Å². The van der Waals surface area contributed by atoms with Gasteiger partial charge in [0.15, 0.2) is 0 Å². The summed E-state index contributed by atoms with van der Waals surface area (Å²) in [6.07, 6.45) is 7.78. The first-order valence-corrected chi connectivity index (χ1v) is 10.4. The number of nitrogens with one attached hydrogen (secondary N) is 2. The van der Waals surface area contributed by atoms with Crippen molar-refractivity contribution in [3.8, 4) is 0 Å². The second-order valence-corrected chi connectivity index (χ2v) is 8.38. The normalized spacial score (nSPS) is 26.6. The third-order valence-electron chi connectivity index (χ3n) is 6.59. The van der Waals surface area contributed by atoms with E-state index in [1.165, 1.54) is 18.6 Å². The highest BCUT2D eigenvalue weighted by Gasteiger charge is 2.40. The lowest BCUT2D eigenvalue weighted by Crippen LogP contribution is -3.18. The number of fused-ring (bicyclic) bond motifs is 4. The Bertz CT molecular complexity index is 955. The Morgan fingerprint density at radius 2 is 2.07 bits per heavy atom. The molecule has 0 aliphatic carbocycles. The van der Waals surface area contributed by atoms with Crippen LogP contribution in [0.15, 0.2) is 35.5 Å². The van der Waals surface area contributed by atoms with Crippen LogP contribution in [0.25, 0.3) is 0 Å². The molecular weight excluding hydrogens is 370 g/mol. The maximum absolute atomic E-state index is 13.1. The van der Waals surface area contributed by atoms with Gasteiger partial charge in [-0.3, -0.25) is 14.6 Å². The number of hydrogen-bond acceptors (Lipinski definition) is 5. The minimum Gasteiger partial charge on any atom is -0.381 e. The smallest absolute Gasteiger partial charge is 0.276 e. The molecule has 3 atom stereocenters. The molecule has 5 heterocycles. The summed E-state index contributed by atoms with van der Waals surface area (Å²) in [7, 11) is 0. The molecule has 2 aromatic rings.